The predicted octanol–water partition coefficient (Wildman–Crippen LogP) is 4.58. The lowest BCUT2D eigenvalue weighted by molar-refractivity contribution is -0.147. The Kier molecular flexibility index (Phi) is 18.6. The van der Waals surface area contributed by atoms with Crippen LogP contribution in [-0.2, 0) is 4.79 Å². The molecule has 2 atom stereocenters. The lowest BCUT2D eigenvalue weighted by Crippen LogP contribution is -2.64. The number of carboxylic acid groups (broad SMARTS) is 1. The zero-order valence-electron chi connectivity index (χ0n) is 19.9. The molecule has 0 saturated heterocycles. The second kappa shape index (κ2) is 19.0. The van der Waals surface area contributed by atoms with Crippen molar-refractivity contribution in [2.45, 2.75) is 135 Å². The summed E-state index contributed by atoms with van der Waals surface area (Å²) < 4.78 is 0. The number of hydrogen-bond donors (Lipinski definition) is 5. The molecule has 2 unspecified atom stereocenters. The summed E-state index contributed by atoms with van der Waals surface area (Å²) in [6.45, 7) is 6.65. The third-order valence-electron chi connectivity index (χ3n) is 5.96. The molecule has 0 spiro atoms. The third-order valence-corrected chi connectivity index (χ3v) is 5.96. The summed E-state index contributed by atoms with van der Waals surface area (Å²) in [5.74, 6) is -0.997. The highest BCUT2D eigenvalue weighted by molar-refractivity contribution is 5.78. The molecule has 0 radical (unpaired) electrons. The van der Waals surface area contributed by atoms with Crippen molar-refractivity contribution in [1.29, 1.82) is 0 Å². The number of aliphatic carboxylic acids is 1. The average molecular weight is 431 g/mol. The van der Waals surface area contributed by atoms with Crippen LogP contribution in [0.15, 0.2) is 0 Å². The molecule has 0 fully saturated rings. The molecular formula is C24H50N2O4. The van der Waals surface area contributed by atoms with E-state index in [-0.39, 0.29) is 13.1 Å². The van der Waals surface area contributed by atoms with Gasteiger partial charge in [0.2, 0.25) is 0 Å². The van der Waals surface area contributed by atoms with Crippen LogP contribution in [0.25, 0.3) is 0 Å². The summed E-state index contributed by atoms with van der Waals surface area (Å²) in [6.07, 6.45) is 14.6. The van der Waals surface area contributed by atoms with Crippen LogP contribution in [0.1, 0.15) is 117 Å². The molecule has 6 heteroatoms. The Morgan fingerprint density at radius 2 is 1.07 bits per heavy atom. The van der Waals surface area contributed by atoms with Crippen molar-refractivity contribution in [3.8, 4) is 0 Å². The van der Waals surface area contributed by atoms with E-state index in [1.54, 1.807) is 6.92 Å². The molecule has 0 aliphatic heterocycles. The van der Waals surface area contributed by atoms with E-state index >= 15 is 0 Å². The molecule has 6 nitrogen and oxygen atoms in total. The molecule has 30 heavy (non-hydrogen) atoms. The first-order valence-electron chi connectivity index (χ1n) is 12.5. The number of carbonyl (C=O) groups is 1. The van der Waals surface area contributed by atoms with E-state index in [1.165, 1.54) is 51.4 Å². The van der Waals surface area contributed by atoms with Crippen molar-refractivity contribution in [1.82, 2.24) is 10.6 Å². The zero-order valence-corrected chi connectivity index (χ0v) is 19.9. The van der Waals surface area contributed by atoms with Crippen LogP contribution in [-0.4, -0.2) is 52.2 Å². The summed E-state index contributed by atoms with van der Waals surface area (Å²) in [4.78, 5) is 11.9. The molecule has 0 aliphatic rings. The minimum atomic E-state index is -1.32. The van der Waals surface area contributed by atoms with E-state index in [1.807, 2.05) is 0 Å². The van der Waals surface area contributed by atoms with Gasteiger partial charge in [-0.25, -0.2) is 4.79 Å². The monoisotopic (exact) mass is 430 g/mol. The van der Waals surface area contributed by atoms with Crippen LogP contribution in [0, 0.1) is 0 Å². The van der Waals surface area contributed by atoms with Gasteiger partial charge in [-0.2, -0.15) is 0 Å². The summed E-state index contributed by atoms with van der Waals surface area (Å²) in [6, 6.07) is 0. The van der Waals surface area contributed by atoms with Gasteiger partial charge < -0.3 is 15.3 Å². The summed E-state index contributed by atoms with van der Waals surface area (Å²) in [7, 11) is 0. The minimum absolute atomic E-state index is 0.232. The second-order valence-corrected chi connectivity index (χ2v) is 8.75. The van der Waals surface area contributed by atoms with Crippen LogP contribution in [0.5, 0.6) is 0 Å². The maximum absolute atomic E-state index is 11.9. The molecule has 180 valence electrons. The van der Waals surface area contributed by atoms with Crippen molar-refractivity contribution in [3.63, 3.8) is 0 Å². The highest BCUT2D eigenvalue weighted by atomic mass is 16.4. The number of carboxylic acids is 1. The number of rotatable bonds is 22. The topological polar surface area (TPSA) is 102 Å². The fraction of sp³-hybridized carbons (Fsp3) is 0.958. The first-order valence-corrected chi connectivity index (χ1v) is 12.5. The predicted molar refractivity (Wildman–Crippen MR) is 125 cm³/mol. The van der Waals surface area contributed by atoms with Crippen molar-refractivity contribution in [2.75, 3.05) is 13.1 Å². The van der Waals surface area contributed by atoms with Crippen LogP contribution in [0.4, 0.5) is 0 Å². The van der Waals surface area contributed by atoms with E-state index in [2.05, 4.69) is 24.5 Å². The van der Waals surface area contributed by atoms with Gasteiger partial charge in [0.05, 0.1) is 12.2 Å². The zero-order chi connectivity index (χ0) is 22.7. The Balaban J connectivity index is 4.22. The molecule has 0 aromatic heterocycles. The minimum Gasteiger partial charge on any atom is -0.479 e. The Bertz CT molecular complexity index is 381. The number of aliphatic hydroxyl groups is 2. The molecule has 0 aromatic rings. The van der Waals surface area contributed by atoms with Crippen molar-refractivity contribution >= 4 is 5.97 Å². The van der Waals surface area contributed by atoms with Gasteiger partial charge in [0.25, 0.3) is 0 Å². The van der Waals surface area contributed by atoms with Crippen molar-refractivity contribution in [3.05, 3.63) is 0 Å². The molecule has 0 aromatic carbocycles. The van der Waals surface area contributed by atoms with Crippen LogP contribution in [0.3, 0.4) is 0 Å². The first kappa shape index (κ1) is 29.3. The Hall–Kier alpha value is -0.690. The highest BCUT2D eigenvalue weighted by Gasteiger charge is 2.36. The molecular weight excluding hydrogens is 380 g/mol. The number of nitrogens with one attached hydrogen (secondary N) is 2. The molecule has 0 saturated carbocycles. The van der Waals surface area contributed by atoms with Crippen LogP contribution < -0.4 is 10.6 Å². The van der Waals surface area contributed by atoms with E-state index < -0.39 is 23.8 Å². The summed E-state index contributed by atoms with van der Waals surface area (Å²) in [5.41, 5.74) is -1.32. The van der Waals surface area contributed by atoms with Gasteiger partial charge in [-0.15, -0.1) is 0 Å². The third kappa shape index (κ3) is 14.3. The van der Waals surface area contributed by atoms with E-state index in [9.17, 15) is 20.1 Å². The van der Waals surface area contributed by atoms with E-state index in [4.69, 9.17) is 0 Å². The molecule has 0 bridgehead atoms. The largest absolute Gasteiger partial charge is 0.479 e. The van der Waals surface area contributed by atoms with Gasteiger partial charge in [-0.05, 0) is 19.3 Å². The lowest BCUT2D eigenvalue weighted by Gasteiger charge is -2.32. The maximum atomic E-state index is 11.9. The lowest BCUT2D eigenvalue weighted by atomic mass is 10.0. The van der Waals surface area contributed by atoms with Crippen LogP contribution >= 0.6 is 0 Å². The Morgan fingerprint density at radius 1 is 0.700 bits per heavy atom. The van der Waals surface area contributed by atoms with Gasteiger partial charge >= 0.3 is 5.97 Å². The van der Waals surface area contributed by atoms with Gasteiger partial charge in [0.1, 0.15) is 0 Å². The molecule has 0 aliphatic carbocycles. The fourth-order valence-electron chi connectivity index (χ4n) is 3.72. The van der Waals surface area contributed by atoms with Gasteiger partial charge in [-0.1, -0.05) is 97.8 Å². The molecule has 0 amide bonds. The van der Waals surface area contributed by atoms with Gasteiger partial charge in [0.15, 0.2) is 5.66 Å². The first-order chi connectivity index (χ1) is 14.4. The van der Waals surface area contributed by atoms with Crippen LogP contribution in [0.2, 0.25) is 0 Å². The normalized spacial score (nSPS) is 15.6. The number of aliphatic hydroxyl groups excluding tert-OH is 2. The molecule has 0 heterocycles. The fourth-order valence-corrected chi connectivity index (χ4v) is 3.72. The summed E-state index contributed by atoms with van der Waals surface area (Å²) >= 11 is 0. The van der Waals surface area contributed by atoms with Crippen molar-refractivity contribution < 1.29 is 20.1 Å². The Labute approximate surface area is 185 Å². The average Bonchev–Trinajstić information content (AvgIpc) is 2.73. The second-order valence-electron chi connectivity index (χ2n) is 8.75. The smallest absolute Gasteiger partial charge is 0.338 e. The quantitative estimate of drug-likeness (QED) is 0.127. The number of unbranched alkanes of at least 4 members (excludes halogenated alkanes) is 10. The standard InChI is InChI=1S/C24H50N2O4/c1-4-7-9-11-13-15-17-21(27)19-25-24(6-3,23(29)30)26-20-22(28)18-16-14-12-10-8-5-2/h21-22,25-28H,4-20H2,1-3H3,(H,29,30). The van der Waals surface area contributed by atoms with E-state index in [0.29, 0.717) is 19.3 Å². The van der Waals surface area contributed by atoms with Gasteiger partial charge in [-0.3, -0.25) is 10.6 Å². The maximum Gasteiger partial charge on any atom is 0.338 e. The molecule has 0 rings (SSSR count). The van der Waals surface area contributed by atoms with Crippen molar-refractivity contribution in [2.24, 2.45) is 0 Å². The summed E-state index contributed by atoms with van der Waals surface area (Å²) in [5, 5.41) is 36.3. The number of hydrogen-bond acceptors (Lipinski definition) is 5. The van der Waals surface area contributed by atoms with E-state index in [0.717, 1.165) is 25.7 Å². The SMILES string of the molecule is CCCCCCCCC(O)CNC(CC)(NCC(O)CCCCCCCC)C(=O)O. The molecule has 5 N–H and O–H groups in total. The highest BCUT2D eigenvalue weighted by Crippen LogP contribution is 2.12. The Morgan fingerprint density at radius 3 is 1.40 bits per heavy atom. The van der Waals surface area contributed by atoms with Gasteiger partial charge in [0, 0.05) is 13.1 Å².